The molecule has 1 unspecified atom stereocenters. The minimum absolute atomic E-state index is 0.0164. The lowest BCUT2D eigenvalue weighted by Gasteiger charge is -2.14. The third-order valence-electron chi connectivity index (χ3n) is 4.50. The van der Waals surface area contributed by atoms with Crippen molar-refractivity contribution in [2.45, 2.75) is 38.0 Å². The van der Waals surface area contributed by atoms with Crippen LogP contribution in [0.25, 0.3) is 0 Å². The van der Waals surface area contributed by atoms with Crippen LogP contribution in [0.1, 0.15) is 23.9 Å². The fourth-order valence-corrected chi connectivity index (χ4v) is 3.86. The summed E-state index contributed by atoms with van der Waals surface area (Å²) in [6, 6.07) is 18.1. The van der Waals surface area contributed by atoms with Crippen LogP contribution in [0.3, 0.4) is 0 Å². The summed E-state index contributed by atoms with van der Waals surface area (Å²) in [7, 11) is 1.65. The fourth-order valence-electron chi connectivity index (χ4n) is 3.07. The predicted molar refractivity (Wildman–Crippen MR) is 115 cm³/mol. The number of hydrogen-bond donors (Lipinski definition) is 1. The maximum atomic E-state index is 12.4. The summed E-state index contributed by atoms with van der Waals surface area (Å²) < 4.78 is 7.29. The Morgan fingerprint density at radius 2 is 1.90 bits per heavy atom. The molecule has 2 aromatic carbocycles. The maximum Gasteiger partial charge on any atom is 0.230 e. The van der Waals surface area contributed by atoms with Gasteiger partial charge in [-0.15, -0.1) is 10.2 Å². The van der Waals surface area contributed by atoms with E-state index < -0.39 is 0 Å². The molecule has 152 valence electrons. The summed E-state index contributed by atoms with van der Waals surface area (Å²) >= 11 is 1.41. The molecule has 3 rings (SSSR count). The molecule has 1 aromatic heterocycles. The smallest absolute Gasteiger partial charge is 0.230 e. The summed E-state index contributed by atoms with van der Waals surface area (Å²) in [5.41, 5.74) is 2.30. The van der Waals surface area contributed by atoms with Gasteiger partial charge in [-0.3, -0.25) is 4.79 Å². The number of benzene rings is 2. The van der Waals surface area contributed by atoms with Crippen molar-refractivity contribution < 1.29 is 9.53 Å². The van der Waals surface area contributed by atoms with Gasteiger partial charge >= 0.3 is 0 Å². The van der Waals surface area contributed by atoms with E-state index in [0.717, 1.165) is 28.7 Å². The molecule has 0 aliphatic heterocycles. The molecular weight excluding hydrogens is 384 g/mol. The Morgan fingerprint density at radius 3 is 2.66 bits per heavy atom. The number of methoxy groups -OCH3 is 1. The maximum absolute atomic E-state index is 12.4. The first-order valence-electron chi connectivity index (χ1n) is 9.54. The van der Waals surface area contributed by atoms with E-state index in [1.165, 1.54) is 17.3 Å². The van der Waals surface area contributed by atoms with Crippen LogP contribution in [0.5, 0.6) is 5.75 Å². The molecule has 7 heteroatoms. The standard InChI is InChI=1S/C22H26N4O2S/c1-16(12-19-10-7-11-20(13-19)28-3)23-21(27)15-29-22-25-24-17(2)26(22)14-18-8-5-4-6-9-18/h4-11,13,16H,12,14-15H2,1-3H3,(H,23,27). The van der Waals surface area contributed by atoms with E-state index in [-0.39, 0.29) is 11.9 Å². The number of carbonyl (C=O) groups excluding carboxylic acids is 1. The summed E-state index contributed by atoms with van der Waals surface area (Å²) in [5.74, 6) is 1.94. The Hall–Kier alpha value is -2.80. The van der Waals surface area contributed by atoms with Crippen LogP contribution in [-0.2, 0) is 17.8 Å². The summed E-state index contributed by atoms with van der Waals surface area (Å²) in [6.07, 6.45) is 0.747. The van der Waals surface area contributed by atoms with Crippen molar-refractivity contribution in [2.24, 2.45) is 0 Å². The normalized spacial score (nSPS) is 11.8. The van der Waals surface area contributed by atoms with Crippen LogP contribution < -0.4 is 10.1 Å². The molecule has 6 nitrogen and oxygen atoms in total. The Kier molecular flexibility index (Phi) is 7.30. The van der Waals surface area contributed by atoms with E-state index in [4.69, 9.17) is 4.74 Å². The van der Waals surface area contributed by atoms with E-state index in [9.17, 15) is 4.79 Å². The van der Waals surface area contributed by atoms with Crippen LogP contribution in [-0.4, -0.2) is 39.6 Å². The number of amides is 1. The van der Waals surface area contributed by atoms with Crippen molar-refractivity contribution in [3.05, 3.63) is 71.5 Å². The van der Waals surface area contributed by atoms with Gasteiger partial charge in [0.15, 0.2) is 5.16 Å². The van der Waals surface area contributed by atoms with E-state index in [1.807, 2.05) is 60.9 Å². The van der Waals surface area contributed by atoms with Gasteiger partial charge in [-0.1, -0.05) is 54.2 Å². The van der Waals surface area contributed by atoms with Crippen molar-refractivity contribution in [1.82, 2.24) is 20.1 Å². The second-order valence-corrected chi connectivity index (χ2v) is 7.86. The minimum atomic E-state index is -0.0164. The molecule has 0 aliphatic carbocycles. The van der Waals surface area contributed by atoms with Gasteiger partial charge in [0.05, 0.1) is 19.4 Å². The molecule has 0 aliphatic rings. The topological polar surface area (TPSA) is 69.0 Å². The van der Waals surface area contributed by atoms with E-state index in [0.29, 0.717) is 12.3 Å². The number of hydrogen-bond acceptors (Lipinski definition) is 5. The number of rotatable bonds is 9. The number of ether oxygens (including phenoxy) is 1. The van der Waals surface area contributed by atoms with Gasteiger partial charge in [0.1, 0.15) is 11.6 Å². The van der Waals surface area contributed by atoms with Crippen LogP contribution in [0, 0.1) is 6.92 Å². The van der Waals surface area contributed by atoms with Crippen molar-refractivity contribution in [3.8, 4) is 5.75 Å². The number of aryl methyl sites for hydroxylation is 1. The second-order valence-electron chi connectivity index (χ2n) is 6.91. The van der Waals surface area contributed by atoms with Gasteiger partial charge in [0.2, 0.25) is 5.91 Å². The number of nitrogens with zero attached hydrogens (tertiary/aromatic N) is 3. The van der Waals surface area contributed by atoms with Crippen molar-refractivity contribution in [1.29, 1.82) is 0 Å². The lowest BCUT2D eigenvalue weighted by molar-refractivity contribution is -0.119. The van der Waals surface area contributed by atoms with Gasteiger partial charge in [0, 0.05) is 6.04 Å². The molecule has 0 saturated heterocycles. The molecule has 0 spiro atoms. The first-order chi connectivity index (χ1) is 14.0. The highest BCUT2D eigenvalue weighted by molar-refractivity contribution is 7.99. The second kappa shape index (κ2) is 10.1. The molecule has 1 heterocycles. The Labute approximate surface area is 175 Å². The zero-order valence-corrected chi connectivity index (χ0v) is 17.8. The molecule has 0 radical (unpaired) electrons. The average molecular weight is 411 g/mol. The molecule has 1 atom stereocenters. The van der Waals surface area contributed by atoms with Gasteiger partial charge in [-0.2, -0.15) is 0 Å². The summed E-state index contributed by atoms with van der Waals surface area (Å²) in [5, 5.41) is 12.2. The molecule has 0 fully saturated rings. The third-order valence-corrected chi connectivity index (χ3v) is 5.47. The Bertz CT molecular complexity index is 943. The summed E-state index contributed by atoms with van der Waals surface area (Å²) in [4.78, 5) is 12.4. The molecule has 0 saturated carbocycles. The zero-order chi connectivity index (χ0) is 20.6. The first kappa shape index (κ1) is 20.9. The predicted octanol–water partition coefficient (Wildman–Crippen LogP) is 3.48. The van der Waals surface area contributed by atoms with Crippen molar-refractivity contribution in [3.63, 3.8) is 0 Å². The van der Waals surface area contributed by atoms with E-state index in [1.54, 1.807) is 7.11 Å². The lowest BCUT2D eigenvalue weighted by atomic mass is 10.1. The number of nitrogens with one attached hydrogen (secondary N) is 1. The van der Waals surface area contributed by atoms with Gasteiger partial charge in [0.25, 0.3) is 0 Å². The van der Waals surface area contributed by atoms with Crippen LogP contribution in [0.2, 0.25) is 0 Å². The molecule has 1 N–H and O–H groups in total. The Morgan fingerprint density at radius 1 is 1.14 bits per heavy atom. The van der Waals surface area contributed by atoms with E-state index >= 15 is 0 Å². The van der Waals surface area contributed by atoms with Crippen LogP contribution >= 0.6 is 11.8 Å². The van der Waals surface area contributed by atoms with Gasteiger partial charge < -0.3 is 14.6 Å². The molecule has 0 bridgehead atoms. The van der Waals surface area contributed by atoms with Crippen molar-refractivity contribution >= 4 is 17.7 Å². The SMILES string of the molecule is COc1cccc(CC(C)NC(=O)CSc2nnc(C)n2Cc2ccccc2)c1. The van der Waals surface area contributed by atoms with Crippen LogP contribution in [0.4, 0.5) is 0 Å². The quantitative estimate of drug-likeness (QED) is 0.547. The number of thioether (sulfide) groups is 1. The molecular formula is C22H26N4O2S. The number of carbonyl (C=O) groups is 1. The minimum Gasteiger partial charge on any atom is -0.497 e. The van der Waals surface area contributed by atoms with E-state index in [2.05, 4.69) is 27.6 Å². The number of aromatic nitrogens is 3. The van der Waals surface area contributed by atoms with Gasteiger partial charge in [-0.05, 0) is 43.5 Å². The zero-order valence-electron chi connectivity index (χ0n) is 17.0. The largest absolute Gasteiger partial charge is 0.497 e. The highest BCUT2D eigenvalue weighted by Crippen LogP contribution is 2.19. The fraction of sp³-hybridized carbons (Fsp3) is 0.318. The van der Waals surface area contributed by atoms with Crippen LogP contribution in [0.15, 0.2) is 59.8 Å². The average Bonchev–Trinajstić information content (AvgIpc) is 3.06. The Balaban J connectivity index is 1.53. The highest BCUT2D eigenvalue weighted by Gasteiger charge is 2.14. The third kappa shape index (κ3) is 6.09. The first-order valence-corrected chi connectivity index (χ1v) is 10.5. The summed E-state index contributed by atoms with van der Waals surface area (Å²) in [6.45, 7) is 4.62. The molecule has 29 heavy (non-hydrogen) atoms. The molecule has 3 aromatic rings. The van der Waals surface area contributed by atoms with Gasteiger partial charge in [-0.25, -0.2) is 0 Å². The monoisotopic (exact) mass is 410 g/mol. The van der Waals surface area contributed by atoms with Crippen molar-refractivity contribution in [2.75, 3.05) is 12.9 Å². The molecule has 1 amide bonds. The lowest BCUT2D eigenvalue weighted by Crippen LogP contribution is -2.35. The highest BCUT2D eigenvalue weighted by atomic mass is 32.2.